The molecule has 19 heavy (non-hydrogen) atoms. The molecule has 0 radical (unpaired) electrons. The van der Waals surface area contributed by atoms with Gasteiger partial charge in [-0.25, -0.2) is 10.8 Å². The smallest absolute Gasteiger partial charge is 0.143 e. The molecule has 2 rings (SSSR count). The van der Waals surface area contributed by atoms with Gasteiger partial charge in [0.2, 0.25) is 0 Å². The van der Waals surface area contributed by atoms with Crippen molar-refractivity contribution in [2.75, 3.05) is 5.43 Å². The van der Waals surface area contributed by atoms with Crippen LogP contribution >= 0.6 is 0 Å². The van der Waals surface area contributed by atoms with Crippen LogP contribution in [0, 0.1) is 0 Å². The number of nitrogens with zero attached hydrogens (tertiary/aromatic N) is 1. The van der Waals surface area contributed by atoms with Gasteiger partial charge in [0.15, 0.2) is 0 Å². The number of nitrogens with one attached hydrogen (secondary N) is 1. The first-order valence-corrected chi connectivity index (χ1v) is 6.20. The van der Waals surface area contributed by atoms with Crippen LogP contribution in [0.1, 0.15) is 26.3 Å². The second-order valence-electron chi connectivity index (χ2n) is 5.40. The van der Waals surface area contributed by atoms with Crippen molar-refractivity contribution in [3.05, 3.63) is 48.2 Å². The quantitative estimate of drug-likeness (QED) is 0.653. The van der Waals surface area contributed by atoms with Crippen molar-refractivity contribution in [2.45, 2.75) is 26.2 Å². The fourth-order valence-corrected chi connectivity index (χ4v) is 1.72. The molecule has 4 nitrogen and oxygen atoms in total. The summed E-state index contributed by atoms with van der Waals surface area (Å²) in [6.45, 7) is 6.53. The van der Waals surface area contributed by atoms with E-state index in [1.54, 1.807) is 18.3 Å². The van der Waals surface area contributed by atoms with Crippen LogP contribution in [0.3, 0.4) is 0 Å². The van der Waals surface area contributed by atoms with E-state index >= 15 is 0 Å². The van der Waals surface area contributed by atoms with Crippen LogP contribution < -0.4 is 16.0 Å². The number of ether oxygens (including phenoxy) is 1. The van der Waals surface area contributed by atoms with E-state index in [4.69, 9.17) is 10.6 Å². The van der Waals surface area contributed by atoms with Gasteiger partial charge in [0.1, 0.15) is 17.3 Å². The van der Waals surface area contributed by atoms with Crippen molar-refractivity contribution in [3.8, 4) is 11.5 Å². The number of hydrogen-bond acceptors (Lipinski definition) is 4. The number of hydrazine groups is 1. The highest BCUT2D eigenvalue weighted by Gasteiger charge is 2.14. The van der Waals surface area contributed by atoms with Gasteiger partial charge in [0, 0.05) is 12.3 Å². The summed E-state index contributed by atoms with van der Waals surface area (Å²) in [5.41, 5.74) is 3.83. The van der Waals surface area contributed by atoms with Crippen molar-refractivity contribution in [2.24, 2.45) is 5.84 Å². The zero-order valence-electron chi connectivity index (χ0n) is 11.5. The summed E-state index contributed by atoms with van der Waals surface area (Å²) in [4.78, 5) is 4.04. The predicted molar refractivity (Wildman–Crippen MR) is 77.3 cm³/mol. The summed E-state index contributed by atoms with van der Waals surface area (Å²) in [7, 11) is 0. The number of nitrogen functional groups attached to an aromatic ring is 1. The van der Waals surface area contributed by atoms with Crippen LogP contribution in [0.2, 0.25) is 0 Å². The Morgan fingerprint density at radius 1 is 1.11 bits per heavy atom. The number of benzene rings is 1. The largest absolute Gasteiger partial charge is 0.457 e. The maximum Gasteiger partial charge on any atom is 0.143 e. The lowest BCUT2D eigenvalue weighted by atomic mass is 9.87. The van der Waals surface area contributed by atoms with Gasteiger partial charge in [-0.15, -0.1) is 0 Å². The van der Waals surface area contributed by atoms with Crippen LogP contribution in [0.5, 0.6) is 11.5 Å². The highest BCUT2D eigenvalue weighted by molar-refractivity contribution is 5.42. The standard InChI is InChI=1S/C15H19N3O/c1-15(2,3)11-5-4-6-12(9-11)19-13-7-8-17-14(10-13)18-16/h4-10H,16H2,1-3H3,(H,17,18). The van der Waals surface area contributed by atoms with E-state index in [9.17, 15) is 0 Å². The Bertz CT molecular complexity index is 561. The molecule has 1 aromatic heterocycles. The minimum atomic E-state index is 0.0988. The van der Waals surface area contributed by atoms with E-state index in [-0.39, 0.29) is 5.41 Å². The summed E-state index contributed by atoms with van der Waals surface area (Å²) in [5.74, 6) is 7.41. The van der Waals surface area contributed by atoms with E-state index < -0.39 is 0 Å². The first-order chi connectivity index (χ1) is 8.99. The van der Waals surface area contributed by atoms with Crippen molar-refractivity contribution >= 4 is 5.82 Å². The van der Waals surface area contributed by atoms with Crippen LogP contribution in [0.4, 0.5) is 5.82 Å². The molecule has 0 saturated heterocycles. The molecule has 1 heterocycles. The summed E-state index contributed by atoms with van der Waals surface area (Å²) >= 11 is 0. The highest BCUT2D eigenvalue weighted by Crippen LogP contribution is 2.28. The van der Waals surface area contributed by atoms with E-state index in [1.165, 1.54) is 5.56 Å². The Hall–Kier alpha value is -2.07. The maximum atomic E-state index is 5.82. The number of aromatic nitrogens is 1. The second-order valence-corrected chi connectivity index (χ2v) is 5.40. The third-order valence-corrected chi connectivity index (χ3v) is 2.82. The molecule has 1 aromatic carbocycles. The third kappa shape index (κ3) is 3.45. The van der Waals surface area contributed by atoms with E-state index in [2.05, 4.69) is 43.3 Å². The van der Waals surface area contributed by atoms with Crippen LogP contribution in [-0.4, -0.2) is 4.98 Å². The van der Waals surface area contributed by atoms with Crippen molar-refractivity contribution in [1.29, 1.82) is 0 Å². The maximum absolute atomic E-state index is 5.82. The van der Waals surface area contributed by atoms with Gasteiger partial charge in [-0.1, -0.05) is 32.9 Å². The molecule has 0 aliphatic carbocycles. The normalized spacial score (nSPS) is 11.2. The highest BCUT2D eigenvalue weighted by atomic mass is 16.5. The lowest BCUT2D eigenvalue weighted by molar-refractivity contribution is 0.478. The Kier molecular flexibility index (Phi) is 3.71. The van der Waals surface area contributed by atoms with Gasteiger partial charge in [-0.2, -0.15) is 0 Å². The van der Waals surface area contributed by atoms with E-state index in [1.807, 2.05) is 12.1 Å². The molecular formula is C15H19N3O. The molecular weight excluding hydrogens is 238 g/mol. The van der Waals surface area contributed by atoms with E-state index in [0.717, 1.165) is 5.75 Å². The topological polar surface area (TPSA) is 60.2 Å². The Morgan fingerprint density at radius 3 is 2.53 bits per heavy atom. The number of nitrogens with two attached hydrogens (primary N) is 1. The van der Waals surface area contributed by atoms with Crippen LogP contribution in [-0.2, 0) is 5.41 Å². The number of rotatable bonds is 3. The van der Waals surface area contributed by atoms with Crippen LogP contribution in [0.25, 0.3) is 0 Å². The van der Waals surface area contributed by atoms with Crippen molar-refractivity contribution in [1.82, 2.24) is 4.98 Å². The predicted octanol–water partition coefficient (Wildman–Crippen LogP) is 3.46. The molecule has 0 bridgehead atoms. The SMILES string of the molecule is CC(C)(C)c1cccc(Oc2ccnc(NN)c2)c1. The number of pyridine rings is 1. The zero-order valence-corrected chi connectivity index (χ0v) is 11.5. The first kappa shape index (κ1) is 13.4. The number of anilines is 1. The molecule has 0 saturated carbocycles. The van der Waals surface area contributed by atoms with Crippen molar-refractivity contribution in [3.63, 3.8) is 0 Å². The van der Waals surface area contributed by atoms with Gasteiger partial charge in [-0.3, -0.25) is 0 Å². The fraction of sp³-hybridized carbons (Fsp3) is 0.267. The Labute approximate surface area is 113 Å². The van der Waals surface area contributed by atoms with Crippen molar-refractivity contribution < 1.29 is 4.74 Å². The monoisotopic (exact) mass is 257 g/mol. The number of hydrogen-bond donors (Lipinski definition) is 2. The minimum Gasteiger partial charge on any atom is -0.457 e. The third-order valence-electron chi connectivity index (χ3n) is 2.82. The average molecular weight is 257 g/mol. The molecule has 0 atom stereocenters. The Morgan fingerprint density at radius 2 is 1.84 bits per heavy atom. The van der Waals surface area contributed by atoms with E-state index in [0.29, 0.717) is 11.6 Å². The molecule has 0 aliphatic rings. The molecule has 0 fully saturated rings. The molecule has 100 valence electrons. The molecule has 3 N–H and O–H groups in total. The molecule has 0 amide bonds. The average Bonchev–Trinajstić information content (AvgIpc) is 2.38. The lowest BCUT2D eigenvalue weighted by Gasteiger charge is -2.19. The van der Waals surface area contributed by atoms with Gasteiger partial charge in [0.25, 0.3) is 0 Å². The molecule has 0 aliphatic heterocycles. The molecule has 4 heteroatoms. The summed E-state index contributed by atoms with van der Waals surface area (Å²) < 4.78 is 5.82. The summed E-state index contributed by atoms with van der Waals surface area (Å²) in [5, 5.41) is 0. The molecule has 2 aromatic rings. The van der Waals surface area contributed by atoms with Gasteiger partial charge in [-0.05, 0) is 29.2 Å². The lowest BCUT2D eigenvalue weighted by Crippen LogP contribution is -2.10. The Balaban J connectivity index is 2.23. The fourth-order valence-electron chi connectivity index (χ4n) is 1.72. The van der Waals surface area contributed by atoms with Gasteiger partial charge < -0.3 is 10.2 Å². The minimum absolute atomic E-state index is 0.0988. The van der Waals surface area contributed by atoms with Gasteiger partial charge >= 0.3 is 0 Å². The second kappa shape index (κ2) is 5.28. The molecule has 0 spiro atoms. The summed E-state index contributed by atoms with van der Waals surface area (Å²) in [6.07, 6.45) is 1.65. The van der Waals surface area contributed by atoms with Gasteiger partial charge in [0.05, 0.1) is 0 Å². The summed E-state index contributed by atoms with van der Waals surface area (Å²) in [6, 6.07) is 11.6. The zero-order chi connectivity index (χ0) is 13.9. The first-order valence-electron chi connectivity index (χ1n) is 6.20. The van der Waals surface area contributed by atoms with Crippen LogP contribution in [0.15, 0.2) is 42.6 Å². The molecule has 0 unspecified atom stereocenters.